The molecule has 1 fully saturated rings. The van der Waals surface area contributed by atoms with Crippen molar-refractivity contribution in [3.05, 3.63) is 70.1 Å². The number of nitrogens with zero attached hydrogens (tertiary/aromatic N) is 1. The Kier molecular flexibility index (Phi) is 9.52. The van der Waals surface area contributed by atoms with Gasteiger partial charge in [-0.3, -0.25) is 14.5 Å². The second-order valence-corrected chi connectivity index (χ2v) is 11.1. The number of benzene rings is 2. The van der Waals surface area contributed by atoms with Gasteiger partial charge in [0.2, 0.25) is 0 Å². The van der Waals surface area contributed by atoms with Crippen molar-refractivity contribution in [2.24, 2.45) is 0 Å². The summed E-state index contributed by atoms with van der Waals surface area (Å²) in [5.74, 6) is 0.405. The number of thioether (sulfide) groups is 1. The molecule has 3 rings (SSSR count). The highest BCUT2D eigenvalue weighted by atomic mass is 32.2. The van der Waals surface area contributed by atoms with Gasteiger partial charge in [-0.1, -0.05) is 88.1 Å². The molecule has 2 aromatic rings. The third-order valence-electron chi connectivity index (χ3n) is 5.51. The maximum atomic E-state index is 12.8. The number of amides is 1. The fourth-order valence-electron chi connectivity index (χ4n) is 3.44. The average Bonchev–Trinajstić information content (AvgIpc) is 3.09. The molecule has 0 bridgehead atoms. The molecule has 0 atom stereocenters. The lowest BCUT2D eigenvalue weighted by atomic mass is 9.87. The summed E-state index contributed by atoms with van der Waals surface area (Å²) >= 11 is 6.67. The number of hydrogen-bond donors (Lipinski definition) is 0. The second-order valence-electron chi connectivity index (χ2n) is 9.46. The molecule has 0 unspecified atom stereocenters. The zero-order chi connectivity index (χ0) is 25.4. The zero-order valence-electron chi connectivity index (χ0n) is 20.8. The van der Waals surface area contributed by atoms with E-state index in [1.807, 2.05) is 37.3 Å². The van der Waals surface area contributed by atoms with Gasteiger partial charge in [0.05, 0.1) is 11.5 Å². The molecular weight excluding hydrogens is 478 g/mol. The minimum Gasteiger partial charge on any atom is -0.489 e. The molecule has 0 aliphatic carbocycles. The van der Waals surface area contributed by atoms with Crippen molar-refractivity contribution in [3.63, 3.8) is 0 Å². The summed E-state index contributed by atoms with van der Waals surface area (Å²) in [5.41, 5.74) is 3.44. The Morgan fingerprint density at radius 2 is 1.77 bits per heavy atom. The smallest absolute Gasteiger partial charge is 0.305 e. The van der Waals surface area contributed by atoms with Gasteiger partial charge in [-0.05, 0) is 53.2 Å². The molecule has 35 heavy (non-hydrogen) atoms. The van der Waals surface area contributed by atoms with E-state index in [0.29, 0.717) is 35.4 Å². The Bertz CT molecular complexity index is 1070. The molecule has 0 saturated carbocycles. The second kappa shape index (κ2) is 12.4. The number of ether oxygens (including phenoxy) is 2. The lowest BCUT2D eigenvalue weighted by Crippen LogP contribution is -2.29. The lowest BCUT2D eigenvalue weighted by molar-refractivity contribution is -0.144. The third-order valence-corrected chi connectivity index (χ3v) is 6.88. The fourth-order valence-corrected chi connectivity index (χ4v) is 4.75. The van der Waals surface area contributed by atoms with E-state index in [1.54, 1.807) is 4.90 Å². The summed E-state index contributed by atoms with van der Waals surface area (Å²) in [5, 5.41) is 0. The largest absolute Gasteiger partial charge is 0.489 e. The van der Waals surface area contributed by atoms with E-state index in [-0.39, 0.29) is 23.7 Å². The highest BCUT2D eigenvalue weighted by molar-refractivity contribution is 8.26. The predicted octanol–water partition coefficient (Wildman–Crippen LogP) is 6.50. The molecule has 1 heterocycles. The van der Waals surface area contributed by atoms with Gasteiger partial charge in [-0.2, -0.15) is 0 Å². The Morgan fingerprint density at radius 1 is 1.09 bits per heavy atom. The van der Waals surface area contributed by atoms with Crippen LogP contribution in [0.15, 0.2) is 53.4 Å². The van der Waals surface area contributed by atoms with Crippen molar-refractivity contribution >= 4 is 46.3 Å². The van der Waals surface area contributed by atoms with Crippen LogP contribution >= 0.6 is 24.0 Å². The molecular formula is C28H33NO4S2. The number of hydrogen-bond acceptors (Lipinski definition) is 6. The van der Waals surface area contributed by atoms with Crippen molar-refractivity contribution in [1.82, 2.24) is 4.90 Å². The van der Waals surface area contributed by atoms with Gasteiger partial charge in [0.1, 0.15) is 16.7 Å². The average molecular weight is 512 g/mol. The van der Waals surface area contributed by atoms with Gasteiger partial charge in [-0.15, -0.1) is 0 Å². The number of carbonyl (C=O) groups is 2. The molecule has 0 radical (unpaired) electrons. The molecule has 1 saturated heterocycles. The molecule has 1 aliphatic rings. The van der Waals surface area contributed by atoms with Crippen LogP contribution in [-0.4, -0.2) is 34.2 Å². The number of thiocarbonyl (C=S) groups is 1. The Balaban J connectivity index is 1.52. The number of esters is 1. The van der Waals surface area contributed by atoms with Crippen LogP contribution in [0.3, 0.4) is 0 Å². The Morgan fingerprint density at radius 3 is 2.40 bits per heavy atom. The summed E-state index contributed by atoms with van der Waals surface area (Å²) in [7, 11) is 0. The molecule has 2 aromatic carbocycles. The fraction of sp³-hybridized carbons (Fsp3) is 0.393. The molecule has 7 heteroatoms. The lowest BCUT2D eigenvalue weighted by Gasteiger charge is -2.19. The Hall–Kier alpha value is -2.64. The summed E-state index contributed by atoms with van der Waals surface area (Å²) in [4.78, 5) is 26.6. The molecule has 1 aliphatic heterocycles. The van der Waals surface area contributed by atoms with E-state index in [9.17, 15) is 9.59 Å². The first kappa shape index (κ1) is 27.0. The van der Waals surface area contributed by atoms with Gasteiger partial charge in [-0.25, -0.2) is 0 Å². The van der Waals surface area contributed by atoms with Crippen LogP contribution in [0.2, 0.25) is 0 Å². The molecule has 1 amide bonds. The molecule has 5 nitrogen and oxygen atoms in total. The summed E-state index contributed by atoms with van der Waals surface area (Å²) in [6.45, 7) is 9.88. The monoisotopic (exact) mass is 511 g/mol. The minimum atomic E-state index is -0.239. The molecule has 0 spiro atoms. The van der Waals surface area contributed by atoms with E-state index in [4.69, 9.17) is 21.7 Å². The first-order chi connectivity index (χ1) is 16.7. The van der Waals surface area contributed by atoms with Gasteiger partial charge >= 0.3 is 5.97 Å². The highest BCUT2D eigenvalue weighted by Crippen LogP contribution is 2.33. The Labute approximate surface area is 217 Å². The first-order valence-corrected chi connectivity index (χ1v) is 13.1. The van der Waals surface area contributed by atoms with Crippen molar-refractivity contribution in [1.29, 1.82) is 0 Å². The maximum Gasteiger partial charge on any atom is 0.305 e. The summed E-state index contributed by atoms with van der Waals surface area (Å²) < 4.78 is 11.5. The highest BCUT2D eigenvalue weighted by Gasteiger charge is 2.31. The molecule has 0 N–H and O–H groups in total. The van der Waals surface area contributed by atoms with Gasteiger partial charge in [0.15, 0.2) is 0 Å². The normalized spacial score (nSPS) is 15.1. The van der Waals surface area contributed by atoms with Crippen molar-refractivity contribution in [2.45, 2.75) is 59.0 Å². The summed E-state index contributed by atoms with van der Waals surface area (Å²) in [6, 6.07) is 16.2. The minimum absolute atomic E-state index is 0.124. The van der Waals surface area contributed by atoms with Gasteiger partial charge < -0.3 is 9.47 Å². The predicted molar refractivity (Wildman–Crippen MR) is 146 cm³/mol. The topological polar surface area (TPSA) is 55.8 Å². The van der Waals surface area contributed by atoms with Crippen molar-refractivity contribution < 1.29 is 19.1 Å². The van der Waals surface area contributed by atoms with Crippen molar-refractivity contribution in [2.75, 3.05) is 13.2 Å². The van der Waals surface area contributed by atoms with Crippen LogP contribution in [-0.2, 0) is 26.3 Å². The molecule has 186 valence electrons. The summed E-state index contributed by atoms with van der Waals surface area (Å²) in [6.07, 6.45) is 3.43. The van der Waals surface area contributed by atoms with Gasteiger partial charge in [0.25, 0.3) is 5.91 Å². The van der Waals surface area contributed by atoms with E-state index < -0.39 is 0 Å². The van der Waals surface area contributed by atoms with E-state index >= 15 is 0 Å². The van der Waals surface area contributed by atoms with E-state index in [0.717, 1.165) is 23.3 Å². The SMILES string of the molecule is CCCOC(=O)CCCN1C(=O)/C(=C\c2ccc(OCc3ccc(C(C)(C)C)cc3)cc2)SC1=S. The quantitative estimate of drug-likeness (QED) is 0.206. The van der Waals surface area contributed by atoms with Crippen LogP contribution in [0.1, 0.15) is 63.6 Å². The van der Waals surface area contributed by atoms with Crippen LogP contribution < -0.4 is 4.74 Å². The van der Waals surface area contributed by atoms with E-state index in [2.05, 4.69) is 45.0 Å². The van der Waals surface area contributed by atoms with Crippen LogP contribution in [0.5, 0.6) is 5.75 Å². The maximum absolute atomic E-state index is 12.8. The number of carbonyl (C=O) groups excluding carboxylic acids is 2. The van der Waals surface area contributed by atoms with Crippen LogP contribution in [0, 0.1) is 0 Å². The first-order valence-electron chi connectivity index (χ1n) is 11.9. The van der Waals surface area contributed by atoms with Crippen LogP contribution in [0.25, 0.3) is 6.08 Å². The van der Waals surface area contributed by atoms with Gasteiger partial charge in [0, 0.05) is 13.0 Å². The zero-order valence-corrected chi connectivity index (χ0v) is 22.5. The molecule has 0 aromatic heterocycles. The van der Waals surface area contributed by atoms with Crippen molar-refractivity contribution in [3.8, 4) is 5.75 Å². The van der Waals surface area contributed by atoms with E-state index in [1.165, 1.54) is 17.3 Å². The number of rotatable bonds is 10. The third kappa shape index (κ3) is 7.94. The standard InChI is InChI=1S/C28H33NO4S2/c1-5-17-32-25(30)7-6-16-29-26(31)24(35-27(29)34)18-20-10-14-23(15-11-20)33-19-21-8-12-22(13-9-21)28(2,3)4/h8-15,18H,5-7,16-17,19H2,1-4H3/b24-18+. The van der Waals surface area contributed by atoms with Crippen LogP contribution in [0.4, 0.5) is 0 Å².